The second-order valence-electron chi connectivity index (χ2n) is 13.8. The van der Waals surface area contributed by atoms with Crippen molar-refractivity contribution >= 4 is 39.7 Å². The van der Waals surface area contributed by atoms with Crippen LogP contribution in [0.25, 0.3) is 54.8 Å². The standard InChI is InChI=1S/C49H31N3S2/c1-3-12-32(13-4-1)33-22-24-35(25-23-33)48-50-42(34-14-5-2-6-15-34)31-43(51-48)36-16-11-17-37(30-36)52-44-20-9-7-18-38(44)49(39-19-8-10-21-45(39)52)40-26-28-53-46(40)47-41(49)27-29-54-47/h1-31H. The lowest BCUT2D eigenvalue weighted by molar-refractivity contribution is 0.756. The lowest BCUT2D eigenvalue weighted by Crippen LogP contribution is -2.35. The summed E-state index contributed by atoms with van der Waals surface area (Å²) in [7, 11) is 0. The summed E-state index contributed by atoms with van der Waals surface area (Å²) in [5.41, 5.74) is 15.7. The Bertz CT molecular complexity index is 2750. The Labute approximate surface area is 322 Å². The number of hydrogen-bond donors (Lipinski definition) is 0. The van der Waals surface area contributed by atoms with Gasteiger partial charge in [0, 0.05) is 32.1 Å². The molecular weight excluding hydrogens is 695 g/mol. The summed E-state index contributed by atoms with van der Waals surface area (Å²) in [6, 6.07) is 63.0. The van der Waals surface area contributed by atoms with Crippen LogP contribution in [-0.2, 0) is 5.41 Å². The Morgan fingerprint density at radius 3 is 1.52 bits per heavy atom. The molecule has 1 spiro atoms. The van der Waals surface area contributed by atoms with Gasteiger partial charge in [-0.2, -0.15) is 0 Å². The van der Waals surface area contributed by atoms with Crippen LogP contribution in [0, 0.1) is 0 Å². The van der Waals surface area contributed by atoms with Gasteiger partial charge in [-0.15, -0.1) is 22.7 Å². The molecular formula is C49H31N3S2. The number of thiophene rings is 2. The molecule has 0 saturated carbocycles. The molecule has 1 aliphatic heterocycles. The fraction of sp³-hybridized carbons (Fsp3) is 0.0204. The van der Waals surface area contributed by atoms with Crippen LogP contribution >= 0.6 is 22.7 Å². The molecule has 54 heavy (non-hydrogen) atoms. The van der Waals surface area contributed by atoms with Gasteiger partial charge in [0.2, 0.25) is 0 Å². The average Bonchev–Trinajstić information content (AvgIpc) is 3.99. The van der Waals surface area contributed by atoms with E-state index < -0.39 is 0 Å². The molecule has 1 aliphatic carbocycles. The number of anilines is 3. The number of fused-ring (bicyclic) bond motifs is 9. The van der Waals surface area contributed by atoms with Crippen molar-refractivity contribution in [1.29, 1.82) is 0 Å². The molecule has 6 aromatic carbocycles. The SMILES string of the molecule is c1ccc(-c2ccc(-c3nc(-c4ccccc4)cc(-c4cccc(N5c6ccccc6C6(c7ccccc75)c5ccsc5-c5sccc56)c4)n3)cc2)cc1. The van der Waals surface area contributed by atoms with Crippen molar-refractivity contribution in [2.24, 2.45) is 0 Å². The third kappa shape index (κ3) is 4.65. The van der Waals surface area contributed by atoms with Crippen LogP contribution in [0.15, 0.2) is 187 Å². The quantitative estimate of drug-likeness (QED) is 0.177. The lowest BCUT2D eigenvalue weighted by atomic mass is 9.65. The first-order chi connectivity index (χ1) is 26.8. The van der Waals surface area contributed by atoms with Crippen LogP contribution < -0.4 is 4.90 Å². The van der Waals surface area contributed by atoms with Gasteiger partial charge in [-0.25, -0.2) is 9.97 Å². The summed E-state index contributed by atoms with van der Waals surface area (Å²) in [5, 5.41) is 4.51. The van der Waals surface area contributed by atoms with E-state index in [9.17, 15) is 0 Å². The Hall–Kier alpha value is -6.40. The molecule has 5 heteroatoms. The molecule has 0 amide bonds. The molecule has 9 aromatic rings. The second-order valence-corrected chi connectivity index (χ2v) is 15.6. The predicted molar refractivity (Wildman–Crippen MR) is 225 cm³/mol. The van der Waals surface area contributed by atoms with Crippen LogP contribution in [0.5, 0.6) is 0 Å². The number of benzene rings is 6. The van der Waals surface area contributed by atoms with Gasteiger partial charge in [-0.1, -0.05) is 133 Å². The summed E-state index contributed by atoms with van der Waals surface area (Å²) >= 11 is 3.71. The predicted octanol–water partition coefficient (Wildman–Crippen LogP) is 13.4. The highest BCUT2D eigenvalue weighted by molar-refractivity contribution is 7.21. The number of nitrogens with zero attached hydrogens (tertiary/aromatic N) is 3. The van der Waals surface area contributed by atoms with Gasteiger partial charge < -0.3 is 4.90 Å². The van der Waals surface area contributed by atoms with Crippen LogP contribution in [0.2, 0.25) is 0 Å². The molecule has 0 fully saturated rings. The fourth-order valence-electron chi connectivity index (χ4n) is 8.54. The maximum absolute atomic E-state index is 5.25. The molecule has 0 radical (unpaired) electrons. The van der Waals surface area contributed by atoms with Gasteiger partial charge in [-0.05, 0) is 86.6 Å². The molecule has 0 atom stereocenters. The Morgan fingerprint density at radius 1 is 0.389 bits per heavy atom. The van der Waals surface area contributed by atoms with E-state index in [1.807, 2.05) is 34.8 Å². The van der Waals surface area contributed by atoms with E-state index >= 15 is 0 Å². The maximum atomic E-state index is 5.25. The minimum absolute atomic E-state index is 0.367. The van der Waals surface area contributed by atoms with E-state index in [4.69, 9.17) is 9.97 Å². The van der Waals surface area contributed by atoms with Crippen molar-refractivity contribution in [1.82, 2.24) is 9.97 Å². The zero-order chi connectivity index (χ0) is 35.6. The third-order valence-corrected chi connectivity index (χ3v) is 12.9. The molecule has 3 aromatic heterocycles. The highest BCUT2D eigenvalue weighted by atomic mass is 32.1. The summed E-state index contributed by atoms with van der Waals surface area (Å²) in [5.74, 6) is 0.700. The smallest absolute Gasteiger partial charge is 0.160 e. The van der Waals surface area contributed by atoms with Gasteiger partial charge in [0.15, 0.2) is 5.82 Å². The topological polar surface area (TPSA) is 29.0 Å². The minimum Gasteiger partial charge on any atom is -0.310 e. The highest BCUT2D eigenvalue weighted by Crippen LogP contribution is 2.65. The van der Waals surface area contributed by atoms with E-state index in [2.05, 4.69) is 179 Å². The molecule has 254 valence electrons. The van der Waals surface area contributed by atoms with Crippen LogP contribution in [0.4, 0.5) is 17.1 Å². The monoisotopic (exact) mass is 725 g/mol. The van der Waals surface area contributed by atoms with Crippen molar-refractivity contribution in [2.45, 2.75) is 5.41 Å². The molecule has 0 bridgehead atoms. The molecule has 4 heterocycles. The summed E-state index contributed by atoms with van der Waals surface area (Å²) in [4.78, 5) is 15.6. The van der Waals surface area contributed by atoms with Crippen LogP contribution in [0.1, 0.15) is 22.3 Å². The molecule has 0 N–H and O–H groups in total. The van der Waals surface area contributed by atoms with Gasteiger partial charge in [0.1, 0.15) is 0 Å². The summed E-state index contributed by atoms with van der Waals surface area (Å²) < 4.78 is 0. The van der Waals surface area contributed by atoms with Crippen molar-refractivity contribution in [3.63, 3.8) is 0 Å². The maximum Gasteiger partial charge on any atom is 0.160 e. The summed E-state index contributed by atoms with van der Waals surface area (Å²) in [6.45, 7) is 0. The van der Waals surface area contributed by atoms with E-state index in [1.165, 1.54) is 54.5 Å². The number of rotatable bonds is 5. The van der Waals surface area contributed by atoms with E-state index in [1.54, 1.807) is 0 Å². The Balaban J connectivity index is 1.07. The second kappa shape index (κ2) is 12.3. The molecule has 2 aliphatic rings. The first-order valence-electron chi connectivity index (χ1n) is 18.1. The first kappa shape index (κ1) is 31.2. The Kier molecular flexibility index (Phi) is 7.12. The van der Waals surface area contributed by atoms with E-state index in [0.29, 0.717) is 5.82 Å². The van der Waals surface area contributed by atoms with Crippen molar-refractivity contribution in [3.8, 4) is 54.8 Å². The van der Waals surface area contributed by atoms with E-state index in [-0.39, 0.29) is 5.41 Å². The van der Waals surface area contributed by atoms with E-state index in [0.717, 1.165) is 33.8 Å². The van der Waals surface area contributed by atoms with Gasteiger partial charge in [-0.3, -0.25) is 0 Å². The minimum atomic E-state index is -0.367. The van der Waals surface area contributed by atoms with Crippen molar-refractivity contribution < 1.29 is 0 Å². The van der Waals surface area contributed by atoms with Crippen molar-refractivity contribution in [3.05, 3.63) is 209 Å². The highest BCUT2D eigenvalue weighted by Gasteiger charge is 2.52. The third-order valence-electron chi connectivity index (χ3n) is 10.9. The number of hydrogen-bond acceptors (Lipinski definition) is 5. The lowest BCUT2D eigenvalue weighted by Gasteiger charge is -2.44. The number of aromatic nitrogens is 2. The normalized spacial score (nSPS) is 13.3. The van der Waals surface area contributed by atoms with Gasteiger partial charge >= 0.3 is 0 Å². The van der Waals surface area contributed by atoms with Crippen molar-refractivity contribution in [2.75, 3.05) is 4.90 Å². The fourth-order valence-corrected chi connectivity index (χ4v) is 10.6. The molecule has 11 rings (SSSR count). The van der Waals surface area contributed by atoms with Crippen LogP contribution in [-0.4, -0.2) is 9.97 Å². The van der Waals surface area contributed by atoms with Gasteiger partial charge in [0.05, 0.1) is 28.2 Å². The van der Waals surface area contributed by atoms with Crippen LogP contribution in [0.3, 0.4) is 0 Å². The van der Waals surface area contributed by atoms with Gasteiger partial charge in [0.25, 0.3) is 0 Å². The first-order valence-corrected chi connectivity index (χ1v) is 19.9. The molecule has 0 unspecified atom stereocenters. The summed E-state index contributed by atoms with van der Waals surface area (Å²) in [6.07, 6.45) is 0. The largest absolute Gasteiger partial charge is 0.310 e. The zero-order valence-electron chi connectivity index (χ0n) is 29.1. The molecule has 3 nitrogen and oxygen atoms in total. The zero-order valence-corrected chi connectivity index (χ0v) is 30.7. The average molecular weight is 726 g/mol. The molecule has 0 saturated heterocycles. The Morgan fingerprint density at radius 2 is 0.889 bits per heavy atom. The number of para-hydroxylation sites is 2.